The first-order chi connectivity index (χ1) is 9.24. The predicted molar refractivity (Wildman–Crippen MR) is 64.2 cm³/mol. The lowest BCUT2D eigenvalue weighted by molar-refractivity contribution is -0.139. The highest BCUT2D eigenvalue weighted by Crippen LogP contribution is 2.21. The maximum absolute atomic E-state index is 12.0. The van der Waals surface area contributed by atoms with Crippen molar-refractivity contribution in [1.82, 2.24) is 10.0 Å². The molecule has 5 nitrogen and oxygen atoms in total. The van der Waals surface area contributed by atoms with Crippen LogP contribution in [0.25, 0.3) is 0 Å². The number of carbonyl (C=O) groups is 1. The zero-order valence-electron chi connectivity index (χ0n) is 11.3. The topological polar surface area (TPSA) is 51.7 Å². The molecule has 8 heteroatoms. The molecule has 1 aromatic rings. The van der Waals surface area contributed by atoms with Crippen molar-refractivity contribution in [3.05, 3.63) is 23.4 Å². The van der Waals surface area contributed by atoms with Gasteiger partial charge in [-0.25, -0.2) is 10.0 Å². The molecule has 0 fully saturated rings. The lowest BCUT2D eigenvalue weighted by Crippen LogP contribution is -2.25. The standard InChI is InChI=1S/C12H15F3N2O3/c1-8-6-9(11(18)17(2)19-3)7-16-10(8)20-5-4-12(13,14)15/h6-7H,4-5H2,1-3H3. The highest BCUT2D eigenvalue weighted by atomic mass is 19.4. The van der Waals surface area contributed by atoms with Crippen LogP contribution in [0.1, 0.15) is 22.3 Å². The Balaban J connectivity index is 2.71. The molecule has 0 aliphatic carbocycles. The third-order valence-electron chi connectivity index (χ3n) is 2.46. The van der Waals surface area contributed by atoms with Gasteiger partial charge in [-0.05, 0) is 13.0 Å². The van der Waals surface area contributed by atoms with Crippen molar-refractivity contribution in [3.63, 3.8) is 0 Å². The molecular weight excluding hydrogens is 277 g/mol. The van der Waals surface area contributed by atoms with E-state index in [1.165, 1.54) is 26.4 Å². The van der Waals surface area contributed by atoms with E-state index in [9.17, 15) is 18.0 Å². The van der Waals surface area contributed by atoms with Crippen LogP contribution in [0, 0.1) is 6.92 Å². The normalized spacial score (nSPS) is 11.3. The van der Waals surface area contributed by atoms with Gasteiger partial charge < -0.3 is 4.74 Å². The van der Waals surface area contributed by atoms with E-state index in [1.54, 1.807) is 6.92 Å². The van der Waals surface area contributed by atoms with Gasteiger partial charge in [0.1, 0.15) is 0 Å². The minimum atomic E-state index is -4.27. The zero-order valence-corrected chi connectivity index (χ0v) is 11.3. The minimum Gasteiger partial charge on any atom is -0.477 e. The lowest BCUT2D eigenvalue weighted by atomic mass is 10.2. The number of hydrogen-bond acceptors (Lipinski definition) is 4. The number of nitrogens with zero attached hydrogens (tertiary/aromatic N) is 2. The van der Waals surface area contributed by atoms with E-state index in [-0.39, 0.29) is 11.4 Å². The van der Waals surface area contributed by atoms with Gasteiger partial charge in [-0.1, -0.05) is 0 Å². The fourth-order valence-electron chi connectivity index (χ4n) is 1.36. The number of amides is 1. The molecule has 0 saturated heterocycles. The summed E-state index contributed by atoms with van der Waals surface area (Å²) >= 11 is 0. The second-order valence-corrected chi connectivity index (χ2v) is 4.04. The maximum Gasteiger partial charge on any atom is 0.392 e. The SMILES string of the molecule is CON(C)C(=O)c1cnc(OCCC(F)(F)F)c(C)c1. The third kappa shape index (κ3) is 4.69. The van der Waals surface area contributed by atoms with E-state index < -0.39 is 25.1 Å². The van der Waals surface area contributed by atoms with Crippen LogP contribution in [-0.2, 0) is 4.84 Å². The van der Waals surface area contributed by atoms with Crippen molar-refractivity contribution in [2.75, 3.05) is 20.8 Å². The van der Waals surface area contributed by atoms with Gasteiger partial charge in [-0.2, -0.15) is 13.2 Å². The fourth-order valence-corrected chi connectivity index (χ4v) is 1.36. The van der Waals surface area contributed by atoms with Crippen LogP contribution in [-0.4, -0.2) is 42.9 Å². The van der Waals surface area contributed by atoms with Crippen LogP contribution in [0.2, 0.25) is 0 Å². The number of halogens is 3. The smallest absolute Gasteiger partial charge is 0.392 e. The van der Waals surface area contributed by atoms with Gasteiger partial charge in [0.15, 0.2) is 0 Å². The summed E-state index contributed by atoms with van der Waals surface area (Å²) in [6.07, 6.45) is -4.10. The van der Waals surface area contributed by atoms with E-state index in [0.29, 0.717) is 5.56 Å². The Labute approximate surface area is 114 Å². The Morgan fingerprint density at radius 1 is 1.45 bits per heavy atom. The Hall–Kier alpha value is -1.83. The largest absolute Gasteiger partial charge is 0.477 e. The Morgan fingerprint density at radius 2 is 2.10 bits per heavy atom. The highest BCUT2D eigenvalue weighted by Gasteiger charge is 2.27. The number of aryl methyl sites for hydroxylation is 1. The van der Waals surface area contributed by atoms with Gasteiger partial charge in [0.05, 0.1) is 25.7 Å². The van der Waals surface area contributed by atoms with Crippen LogP contribution in [0.5, 0.6) is 5.88 Å². The maximum atomic E-state index is 12.0. The molecule has 0 radical (unpaired) electrons. The molecular formula is C12H15F3N2O3. The monoisotopic (exact) mass is 292 g/mol. The molecule has 0 atom stereocenters. The number of rotatable bonds is 5. The van der Waals surface area contributed by atoms with E-state index in [0.717, 1.165) is 5.06 Å². The summed E-state index contributed by atoms with van der Waals surface area (Å²) in [5.41, 5.74) is 0.734. The first-order valence-corrected chi connectivity index (χ1v) is 5.73. The molecule has 1 aromatic heterocycles. The number of pyridine rings is 1. The summed E-state index contributed by atoms with van der Waals surface area (Å²) in [5.74, 6) is -0.337. The fraction of sp³-hybridized carbons (Fsp3) is 0.500. The van der Waals surface area contributed by atoms with Crippen molar-refractivity contribution in [3.8, 4) is 5.88 Å². The van der Waals surface area contributed by atoms with E-state index >= 15 is 0 Å². The van der Waals surface area contributed by atoms with Gasteiger partial charge in [0.25, 0.3) is 5.91 Å². The molecule has 112 valence electrons. The molecule has 1 rings (SSSR count). The number of carbonyl (C=O) groups excluding carboxylic acids is 1. The van der Waals surface area contributed by atoms with Crippen LogP contribution >= 0.6 is 0 Å². The third-order valence-corrected chi connectivity index (χ3v) is 2.46. The second-order valence-electron chi connectivity index (χ2n) is 4.04. The highest BCUT2D eigenvalue weighted by molar-refractivity contribution is 5.93. The number of aromatic nitrogens is 1. The predicted octanol–water partition coefficient (Wildman–Crippen LogP) is 2.35. The molecule has 0 N–H and O–H groups in total. The average Bonchev–Trinajstić information content (AvgIpc) is 2.37. The summed E-state index contributed by atoms with van der Waals surface area (Å²) in [6.45, 7) is 1.09. The van der Waals surface area contributed by atoms with Gasteiger partial charge >= 0.3 is 6.18 Å². The van der Waals surface area contributed by atoms with Crippen molar-refractivity contribution >= 4 is 5.91 Å². The molecule has 0 bridgehead atoms. The van der Waals surface area contributed by atoms with Gasteiger partial charge in [0, 0.05) is 18.8 Å². The Morgan fingerprint density at radius 3 is 2.60 bits per heavy atom. The molecule has 1 heterocycles. The van der Waals surface area contributed by atoms with Crippen LogP contribution < -0.4 is 4.74 Å². The number of alkyl halides is 3. The van der Waals surface area contributed by atoms with E-state index in [4.69, 9.17) is 9.57 Å². The summed E-state index contributed by atoms with van der Waals surface area (Å²) in [6, 6.07) is 1.48. The molecule has 0 spiro atoms. The van der Waals surface area contributed by atoms with Crippen LogP contribution in [0.4, 0.5) is 13.2 Å². The van der Waals surface area contributed by atoms with Crippen molar-refractivity contribution in [2.45, 2.75) is 19.5 Å². The minimum absolute atomic E-state index is 0.0749. The summed E-state index contributed by atoms with van der Waals surface area (Å²) in [4.78, 5) is 20.3. The quantitative estimate of drug-likeness (QED) is 0.782. The molecule has 0 saturated carbocycles. The summed E-state index contributed by atoms with van der Waals surface area (Å²) in [7, 11) is 2.78. The van der Waals surface area contributed by atoms with Gasteiger partial charge in [-0.3, -0.25) is 9.63 Å². The summed E-state index contributed by atoms with van der Waals surface area (Å²) in [5, 5.41) is 1.01. The number of hydrogen-bond donors (Lipinski definition) is 0. The number of ether oxygens (including phenoxy) is 1. The molecule has 0 aromatic carbocycles. The average molecular weight is 292 g/mol. The molecule has 0 aliphatic heterocycles. The van der Waals surface area contributed by atoms with Crippen LogP contribution in [0.3, 0.4) is 0 Å². The first kappa shape index (κ1) is 16.2. The Bertz CT molecular complexity index is 478. The molecule has 0 aliphatic rings. The lowest BCUT2D eigenvalue weighted by Gasteiger charge is -2.14. The van der Waals surface area contributed by atoms with Gasteiger partial charge in [-0.15, -0.1) is 0 Å². The van der Waals surface area contributed by atoms with Crippen molar-refractivity contribution in [2.24, 2.45) is 0 Å². The van der Waals surface area contributed by atoms with Crippen molar-refractivity contribution in [1.29, 1.82) is 0 Å². The summed E-state index contributed by atoms with van der Waals surface area (Å²) < 4.78 is 40.9. The Kier molecular flexibility index (Phi) is 5.32. The molecule has 1 amide bonds. The number of hydroxylamine groups is 2. The van der Waals surface area contributed by atoms with Crippen LogP contribution in [0.15, 0.2) is 12.3 Å². The first-order valence-electron chi connectivity index (χ1n) is 5.73. The zero-order chi connectivity index (χ0) is 15.3. The van der Waals surface area contributed by atoms with E-state index in [2.05, 4.69) is 4.98 Å². The van der Waals surface area contributed by atoms with E-state index in [1.807, 2.05) is 0 Å². The molecule has 0 unspecified atom stereocenters. The molecule has 20 heavy (non-hydrogen) atoms. The van der Waals surface area contributed by atoms with Gasteiger partial charge in [0.2, 0.25) is 5.88 Å². The van der Waals surface area contributed by atoms with Crippen molar-refractivity contribution < 1.29 is 27.5 Å². The second kappa shape index (κ2) is 6.56.